The third-order valence-corrected chi connectivity index (χ3v) is 6.05. The van der Waals surface area contributed by atoms with Crippen LogP contribution in [0.3, 0.4) is 0 Å². The van der Waals surface area contributed by atoms with E-state index in [2.05, 4.69) is 4.74 Å². The van der Waals surface area contributed by atoms with Crippen molar-refractivity contribution in [1.29, 1.82) is 0 Å². The van der Waals surface area contributed by atoms with Crippen molar-refractivity contribution >= 4 is 13.6 Å². The molecule has 0 spiro atoms. The van der Waals surface area contributed by atoms with Crippen LogP contribution in [0.15, 0.2) is 0 Å². The van der Waals surface area contributed by atoms with Crippen molar-refractivity contribution < 1.29 is 23.7 Å². The largest absolute Gasteiger partial charge is 0.394 e. The summed E-state index contributed by atoms with van der Waals surface area (Å²) in [6, 6.07) is 0. The second-order valence-corrected chi connectivity index (χ2v) is 9.34. The summed E-state index contributed by atoms with van der Waals surface area (Å²) in [5.41, 5.74) is 0. The number of aliphatic hydroxyl groups is 1. The molecule has 1 amide bonds. The Hall–Kier alpha value is -0.500. The molecule has 8 nitrogen and oxygen atoms in total. The first-order valence-electron chi connectivity index (χ1n) is 9.02. The number of carbonyl (C=O) groups is 1. The number of amides is 1. The fourth-order valence-corrected chi connectivity index (χ4v) is 3.81. The summed E-state index contributed by atoms with van der Waals surface area (Å²) < 4.78 is 25.7. The van der Waals surface area contributed by atoms with E-state index in [1.807, 2.05) is 30.3 Å². The Labute approximate surface area is 160 Å². The third kappa shape index (κ3) is 10.6. The van der Waals surface area contributed by atoms with Crippen LogP contribution in [0.4, 0.5) is 0 Å². The first-order valence-corrected chi connectivity index (χ1v) is 10.6. The van der Waals surface area contributed by atoms with E-state index < -0.39 is 7.67 Å². The van der Waals surface area contributed by atoms with E-state index in [1.165, 1.54) is 7.11 Å². The van der Waals surface area contributed by atoms with Gasteiger partial charge >= 0.3 is 7.67 Å². The summed E-state index contributed by atoms with van der Waals surface area (Å²) in [6.45, 7) is 12.4. The molecule has 1 aliphatic rings. The molecule has 1 fully saturated rings. The summed E-state index contributed by atoms with van der Waals surface area (Å²) in [5.74, 6) is 0.173. The predicted molar refractivity (Wildman–Crippen MR) is 106 cm³/mol. The first kappa shape index (κ1) is 27.7. The van der Waals surface area contributed by atoms with Crippen LogP contribution in [-0.2, 0) is 18.6 Å². The highest BCUT2D eigenvalue weighted by molar-refractivity contribution is 7.53. The third-order valence-electron chi connectivity index (χ3n) is 3.45. The molecule has 0 bridgehead atoms. The van der Waals surface area contributed by atoms with Crippen molar-refractivity contribution in [3.05, 3.63) is 0 Å². The van der Waals surface area contributed by atoms with Crippen LogP contribution in [0.5, 0.6) is 0 Å². The molecule has 0 aromatic rings. The molecule has 1 aliphatic heterocycles. The molecule has 26 heavy (non-hydrogen) atoms. The molecular formula is C17H40N3O5P. The van der Waals surface area contributed by atoms with Gasteiger partial charge < -0.3 is 19.3 Å². The van der Waals surface area contributed by atoms with Crippen molar-refractivity contribution in [2.24, 2.45) is 5.92 Å². The summed E-state index contributed by atoms with van der Waals surface area (Å²) in [7, 11) is 3.74. The van der Waals surface area contributed by atoms with Gasteiger partial charge in [-0.15, -0.1) is 0 Å². The van der Waals surface area contributed by atoms with Crippen LogP contribution in [0.1, 0.15) is 34.6 Å². The normalized spacial score (nSPS) is 17.3. The molecule has 1 unspecified atom stereocenters. The van der Waals surface area contributed by atoms with Crippen LogP contribution in [0.25, 0.3) is 0 Å². The second-order valence-electron chi connectivity index (χ2n) is 6.63. The van der Waals surface area contributed by atoms with Crippen LogP contribution in [-0.4, -0.2) is 92.5 Å². The lowest BCUT2D eigenvalue weighted by atomic mass is 10.2. The molecule has 1 heterocycles. The number of rotatable bonds is 5. The minimum Gasteiger partial charge on any atom is -0.394 e. The van der Waals surface area contributed by atoms with Gasteiger partial charge in [0.2, 0.25) is 5.91 Å². The van der Waals surface area contributed by atoms with Crippen LogP contribution in [0.2, 0.25) is 0 Å². The summed E-state index contributed by atoms with van der Waals surface area (Å²) in [5, 5.41) is 8.06. The highest BCUT2D eigenvalue weighted by Crippen LogP contribution is 2.51. The van der Waals surface area contributed by atoms with E-state index in [9.17, 15) is 9.36 Å². The van der Waals surface area contributed by atoms with Gasteiger partial charge in [0.1, 0.15) is 0 Å². The number of hydrogen-bond acceptors (Lipinski definition) is 5. The Bertz CT molecular complexity index is 406. The topological polar surface area (TPSA) is 82.6 Å². The van der Waals surface area contributed by atoms with Crippen molar-refractivity contribution in [3.8, 4) is 0 Å². The van der Waals surface area contributed by atoms with Gasteiger partial charge in [0, 0.05) is 59.0 Å². The SMILES string of the molecule is CC(C)O.CCOC.COP(=O)(N(C)C)N1CCN(C(=O)C(C)C)CC1. The van der Waals surface area contributed by atoms with E-state index in [4.69, 9.17) is 9.63 Å². The predicted octanol–water partition coefficient (Wildman–Crippen LogP) is 2.14. The Kier molecular flexibility index (Phi) is 15.5. The lowest BCUT2D eigenvalue weighted by molar-refractivity contribution is -0.135. The zero-order valence-corrected chi connectivity index (χ0v) is 19.0. The average molecular weight is 397 g/mol. The van der Waals surface area contributed by atoms with Gasteiger partial charge in [0.15, 0.2) is 0 Å². The van der Waals surface area contributed by atoms with Crippen LogP contribution >= 0.6 is 7.67 Å². The Balaban J connectivity index is 0. The molecule has 0 aromatic heterocycles. The van der Waals surface area contributed by atoms with E-state index >= 15 is 0 Å². The van der Waals surface area contributed by atoms with Gasteiger partial charge in [0.25, 0.3) is 0 Å². The van der Waals surface area contributed by atoms with Gasteiger partial charge in [-0.05, 0) is 34.9 Å². The molecule has 9 heteroatoms. The van der Waals surface area contributed by atoms with E-state index in [1.54, 1.807) is 39.7 Å². The maximum Gasteiger partial charge on any atom is 0.345 e. The molecule has 0 radical (unpaired) electrons. The minimum absolute atomic E-state index is 0.0135. The quantitative estimate of drug-likeness (QED) is 0.712. The van der Waals surface area contributed by atoms with E-state index in [-0.39, 0.29) is 17.9 Å². The lowest BCUT2D eigenvalue weighted by Gasteiger charge is -2.40. The summed E-state index contributed by atoms with van der Waals surface area (Å²) >= 11 is 0. The standard InChI is InChI=1S/C11H24N3O3P.2C3H8O/c1-10(2)11(15)13-6-8-14(9-7-13)18(16,17-5)12(3)4;1-3-4-2;1-3(2)4/h10H,6-9H2,1-5H3;3H2,1-2H3;3-4H,1-2H3. The Morgan fingerprint density at radius 3 is 1.73 bits per heavy atom. The first-order chi connectivity index (χ1) is 12.0. The summed E-state index contributed by atoms with van der Waals surface area (Å²) in [6.07, 6.45) is -0.167. The Morgan fingerprint density at radius 1 is 1.12 bits per heavy atom. The molecule has 0 aliphatic carbocycles. The lowest BCUT2D eigenvalue weighted by Crippen LogP contribution is -2.49. The second kappa shape index (κ2) is 14.5. The number of ether oxygens (including phenoxy) is 1. The molecule has 1 atom stereocenters. The van der Waals surface area contributed by atoms with Crippen LogP contribution in [0, 0.1) is 5.92 Å². The Morgan fingerprint density at radius 2 is 1.50 bits per heavy atom. The zero-order valence-electron chi connectivity index (χ0n) is 18.1. The van der Waals surface area contributed by atoms with Crippen molar-refractivity contribution in [2.45, 2.75) is 40.7 Å². The van der Waals surface area contributed by atoms with Crippen molar-refractivity contribution in [2.75, 3.05) is 61.1 Å². The van der Waals surface area contributed by atoms with Gasteiger partial charge in [-0.3, -0.25) is 9.36 Å². The molecule has 158 valence electrons. The van der Waals surface area contributed by atoms with Gasteiger partial charge in [0.05, 0.1) is 0 Å². The maximum atomic E-state index is 12.6. The zero-order chi connectivity index (χ0) is 20.9. The minimum atomic E-state index is -2.90. The van der Waals surface area contributed by atoms with Gasteiger partial charge in [-0.2, -0.15) is 0 Å². The number of aliphatic hydroxyl groups excluding tert-OH is 1. The van der Waals surface area contributed by atoms with E-state index in [0.29, 0.717) is 26.2 Å². The van der Waals surface area contributed by atoms with Crippen molar-refractivity contribution in [1.82, 2.24) is 14.2 Å². The average Bonchev–Trinajstić information content (AvgIpc) is 2.59. The summed E-state index contributed by atoms with van der Waals surface area (Å²) in [4.78, 5) is 13.7. The van der Waals surface area contributed by atoms with E-state index in [0.717, 1.165) is 6.61 Å². The molecule has 1 saturated heterocycles. The molecule has 1 rings (SSSR count). The van der Waals surface area contributed by atoms with Crippen molar-refractivity contribution in [3.63, 3.8) is 0 Å². The fraction of sp³-hybridized carbons (Fsp3) is 0.941. The van der Waals surface area contributed by atoms with Gasteiger partial charge in [-0.1, -0.05) is 13.8 Å². The van der Waals surface area contributed by atoms with Gasteiger partial charge in [-0.25, -0.2) is 9.34 Å². The smallest absolute Gasteiger partial charge is 0.345 e. The number of methoxy groups -OCH3 is 1. The number of carbonyl (C=O) groups excluding carboxylic acids is 1. The molecule has 0 saturated carbocycles. The molecular weight excluding hydrogens is 357 g/mol. The fourth-order valence-electron chi connectivity index (χ4n) is 2.07. The van der Waals surface area contributed by atoms with Crippen LogP contribution < -0.4 is 0 Å². The number of piperazine rings is 1. The maximum absolute atomic E-state index is 12.6. The molecule has 0 aromatic carbocycles. The molecule has 1 N–H and O–H groups in total. The number of hydrogen-bond donors (Lipinski definition) is 1. The monoisotopic (exact) mass is 397 g/mol. The highest BCUT2D eigenvalue weighted by Gasteiger charge is 2.36. The number of nitrogens with zero attached hydrogens (tertiary/aromatic N) is 3. The highest BCUT2D eigenvalue weighted by atomic mass is 31.2.